The Hall–Kier alpha value is -1.35. The van der Waals surface area contributed by atoms with E-state index in [4.69, 9.17) is 0 Å². The molecule has 0 saturated heterocycles. The zero-order valence-electron chi connectivity index (χ0n) is 27.6. The zero-order valence-corrected chi connectivity index (χ0v) is 34.9. The molecule has 0 heterocycles. The molecule has 0 amide bonds. The third-order valence-electron chi connectivity index (χ3n) is 9.19. The molecule has 0 spiro atoms. The molecule has 46 heavy (non-hydrogen) atoms. The van der Waals surface area contributed by atoms with Crippen molar-refractivity contribution in [3.8, 4) is 11.1 Å². The summed E-state index contributed by atoms with van der Waals surface area (Å²) in [5.74, 6) is 0. The molecule has 0 nitrogen and oxygen atoms in total. The van der Waals surface area contributed by atoms with E-state index in [1.54, 1.807) is 15.3 Å². The van der Waals surface area contributed by atoms with Crippen LogP contribution in [-0.4, -0.2) is 3.21 Å². The first kappa shape index (κ1) is 37.5. The van der Waals surface area contributed by atoms with Gasteiger partial charge < -0.3 is 0 Å². The van der Waals surface area contributed by atoms with Crippen molar-refractivity contribution in [2.75, 3.05) is 0 Å². The Bertz CT molecular complexity index is 1800. The number of hydrogen-bond acceptors (Lipinski definition) is 0. The van der Waals surface area contributed by atoms with Crippen molar-refractivity contribution in [3.63, 3.8) is 0 Å². The van der Waals surface area contributed by atoms with Crippen molar-refractivity contribution in [1.82, 2.24) is 0 Å². The van der Waals surface area contributed by atoms with Gasteiger partial charge in [-0.05, 0) is 0 Å². The van der Waals surface area contributed by atoms with E-state index in [1.165, 1.54) is 47.9 Å². The van der Waals surface area contributed by atoms with Crippen LogP contribution < -0.4 is 3.27 Å². The molecule has 0 N–H and O–H groups in total. The van der Waals surface area contributed by atoms with Crippen molar-refractivity contribution in [2.24, 2.45) is 0 Å². The van der Waals surface area contributed by atoms with Gasteiger partial charge in [0.15, 0.2) is 0 Å². The maximum absolute atomic E-state index is 3.92. The topological polar surface area (TPSA) is 0 Å². The van der Waals surface area contributed by atoms with Gasteiger partial charge in [0, 0.05) is 0 Å². The number of rotatable bonds is 6. The largest absolute Gasteiger partial charge is 0.147 e. The Kier molecular flexibility index (Phi) is 12.3. The number of halogens is 4. The standard InChI is InChI=1S/C21H25.C15H12Br2.C5H5.2ClH.Zr/c1-20(2,3)16-9-7-14-11-15-8-10-17(21(4,5)6)13-19(15)18(14)12-16;16-14-10-3-1-6-12(14)8-5-9-13-7-2-4-11-15(13)17;1-2-4-5-3-1;;;/h7,9-10,12-13H,11H2,1-6H3;1-4,6-7,10-11H,8-9H2;1-3H,4H2;2*1H;. The smallest absolute Gasteiger partial charge is 0.147 e. The number of fused-ring (bicyclic) bond motifs is 3. The predicted octanol–water partition coefficient (Wildman–Crippen LogP) is 12.0. The molecular formula is C41H44Br2Cl2Zr. The van der Waals surface area contributed by atoms with Gasteiger partial charge in [-0.1, -0.05) is 0 Å². The second-order valence-electron chi connectivity index (χ2n) is 14.4. The maximum atomic E-state index is 3.92. The third-order valence-corrected chi connectivity index (χ3v) is 18.3. The molecule has 0 unspecified atom stereocenters. The Labute approximate surface area is 313 Å². The summed E-state index contributed by atoms with van der Waals surface area (Å²) < 4.78 is 7.54. The molecule has 5 heteroatoms. The quantitative estimate of drug-likeness (QED) is 0.160. The monoisotopic (exact) mass is 854 g/mol. The molecule has 0 atom stereocenters. The van der Waals surface area contributed by atoms with Gasteiger partial charge in [-0.2, -0.15) is 0 Å². The van der Waals surface area contributed by atoms with Crippen molar-refractivity contribution in [1.29, 1.82) is 0 Å². The fourth-order valence-corrected chi connectivity index (χ4v) is 15.6. The zero-order chi connectivity index (χ0) is 31.2. The molecule has 0 aliphatic heterocycles. The molecular weight excluding hydrogens is 814 g/mol. The van der Waals surface area contributed by atoms with E-state index in [2.05, 4.69) is 170 Å². The van der Waals surface area contributed by atoms with Crippen molar-refractivity contribution in [3.05, 3.63) is 143 Å². The minimum Gasteiger partial charge on any atom is -0.147 e. The van der Waals surface area contributed by atoms with Gasteiger partial charge in [0.1, 0.15) is 0 Å². The van der Waals surface area contributed by atoms with E-state index >= 15 is 0 Å². The normalized spacial score (nSPS) is 13.3. The van der Waals surface area contributed by atoms with Gasteiger partial charge in [-0.3, -0.25) is 0 Å². The molecule has 0 aromatic heterocycles. The molecule has 0 radical (unpaired) electrons. The summed E-state index contributed by atoms with van der Waals surface area (Å²) in [7, 11) is 0. The Morgan fingerprint density at radius 1 is 0.696 bits per heavy atom. The van der Waals surface area contributed by atoms with E-state index in [0.717, 1.165) is 25.7 Å². The van der Waals surface area contributed by atoms with Gasteiger partial charge in [0.2, 0.25) is 0 Å². The summed E-state index contributed by atoms with van der Waals surface area (Å²) in [4.78, 5) is 0. The molecule has 0 bridgehead atoms. The van der Waals surface area contributed by atoms with E-state index in [1.807, 2.05) is 0 Å². The van der Waals surface area contributed by atoms with E-state index in [-0.39, 0.29) is 35.6 Å². The van der Waals surface area contributed by atoms with Crippen LogP contribution in [-0.2, 0) is 51.4 Å². The first-order valence-electron chi connectivity index (χ1n) is 15.8. The van der Waals surface area contributed by atoms with Crippen LogP contribution >= 0.6 is 56.7 Å². The SMILES string of the molecule is CC(C)(C)c1ccc2c(c1)-c1cc(C(C)(C)C)c[c]([Zr]([C]3=CC=CC3)=[C](Cc3ccccc3Br)Cc3ccccc3Br)c1C2.Cl.Cl. The summed E-state index contributed by atoms with van der Waals surface area (Å²) in [6.45, 7) is 14.1. The van der Waals surface area contributed by atoms with Crippen LogP contribution in [0.2, 0.25) is 0 Å². The van der Waals surface area contributed by atoms with Gasteiger partial charge in [-0.15, -0.1) is 24.8 Å². The van der Waals surface area contributed by atoms with Crippen LogP contribution in [0.15, 0.2) is 109 Å². The van der Waals surface area contributed by atoms with E-state index < -0.39 is 21.3 Å². The molecule has 0 fully saturated rings. The van der Waals surface area contributed by atoms with Crippen LogP contribution in [0.25, 0.3) is 11.1 Å². The molecule has 0 saturated carbocycles. The predicted molar refractivity (Wildman–Crippen MR) is 209 cm³/mol. The summed E-state index contributed by atoms with van der Waals surface area (Å²) in [5.41, 5.74) is 11.9. The molecule has 240 valence electrons. The Morgan fingerprint density at radius 2 is 1.26 bits per heavy atom. The first-order chi connectivity index (χ1) is 20.9. The maximum Gasteiger partial charge on any atom is -0.147 e. The van der Waals surface area contributed by atoms with Crippen molar-refractivity contribution >= 4 is 63.2 Å². The van der Waals surface area contributed by atoms with Crippen LogP contribution in [0.5, 0.6) is 0 Å². The third kappa shape index (κ3) is 7.92. The Balaban J connectivity index is 0.00000240. The van der Waals surface area contributed by atoms with Crippen LogP contribution in [0.4, 0.5) is 0 Å². The second kappa shape index (κ2) is 15.0. The van der Waals surface area contributed by atoms with Crippen LogP contribution in [0.3, 0.4) is 0 Å². The van der Waals surface area contributed by atoms with Crippen LogP contribution in [0.1, 0.15) is 81.3 Å². The average Bonchev–Trinajstić information content (AvgIpc) is 3.62. The number of hydrogen-bond donors (Lipinski definition) is 0. The first-order valence-corrected chi connectivity index (χ1v) is 21.0. The Morgan fingerprint density at radius 3 is 1.78 bits per heavy atom. The van der Waals surface area contributed by atoms with Gasteiger partial charge in [-0.25, -0.2) is 0 Å². The summed E-state index contributed by atoms with van der Waals surface area (Å²) in [6, 6.07) is 30.2. The average molecular weight is 859 g/mol. The van der Waals surface area contributed by atoms with E-state index in [0.29, 0.717) is 0 Å². The van der Waals surface area contributed by atoms with Crippen molar-refractivity contribution in [2.45, 2.75) is 78.1 Å². The van der Waals surface area contributed by atoms with Gasteiger partial charge in [0.05, 0.1) is 0 Å². The molecule has 4 aromatic carbocycles. The number of allylic oxidation sites excluding steroid dienone is 4. The fourth-order valence-electron chi connectivity index (χ4n) is 6.60. The van der Waals surface area contributed by atoms with Gasteiger partial charge >= 0.3 is 291 Å². The molecule has 2 aliphatic rings. The second-order valence-corrected chi connectivity index (χ2v) is 22.6. The fraction of sp³-hybridized carbons (Fsp3) is 0.293. The minimum atomic E-state index is -2.62. The van der Waals surface area contributed by atoms with Crippen molar-refractivity contribution < 1.29 is 21.3 Å². The van der Waals surface area contributed by atoms with E-state index in [9.17, 15) is 0 Å². The summed E-state index contributed by atoms with van der Waals surface area (Å²) in [5, 5.41) is 0. The summed E-state index contributed by atoms with van der Waals surface area (Å²) in [6.07, 6.45) is 11.3. The van der Waals surface area contributed by atoms with Gasteiger partial charge in [0.25, 0.3) is 0 Å². The number of benzene rings is 4. The minimum absolute atomic E-state index is 0. The van der Waals surface area contributed by atoms with Crippen LogP contribution in [0, 0.1) is 0 Å². The molecule has 6 rings (SSSR count). The molecule has 4 aromatic rings. The summed E-state index contributed by atoms with van der Waals surface area (Å²) >= 11 is 5.21. The molecule has 2 aliphatic carbocycles.